The summed E-state index contributed by atoms with van der Waals surface area (Å²) in [5.41, 5.74) is 2.39. The van der Waals surface area contributed by atoms with Gasteiger partial charge in [0.05, 0.1) is 11.2 Å². The maximum absolute atomic E-state index is 4.63. The third kappa shape index (κ3) is 1.83. The Morgan fingerprint density at radius 3 is 2.88 bits per heavy atom. The lowest BCUT2D eigenvalue weighted by molar-refractivity contribution is 0.171. The molecule has 1 aliphatic heterocycles. The molecule has 0 spiro atoms. The van der Waals surface area contributed by atoms with E-state index < -0.39 is 0 Å². The highest BCUT2D eigenvalue weighted by atomic mass is 15.3. The summed E-state index contributed by atoms with van der Waals surface area (Å²) in [7, 11) is 4.19. The molecule has 1 N–H and O–H groups in total. The van der Waals surface area contributed by atoms with Crippen molar-refractivity contribution < 1.29 is 0 Å². The van der Waals surface area contributed by atoms with Crippen LogP contribution in [0.3, 0.4) is 0 Å². The zero-order valence-electron chi connectivity index (χ0n) is 10.3. The third-order valence-corrected chi connectivity index (χ3v) is 3.62. The van der Waals surface area contributed by atoms with E-state index in [0.29, 0.717) is 6.04 Å². The van der Waals surface area contributed by atoms with Gasteiger partial charge in [-0.3, -0.25) is 9.58 Å². The molecule has 4 nitrogen and oxygen atoms in total. The first-order chi connectivity index (χ1) is 8.25. The standard InChI is InChI=1S/C13H18N4/c1-16(10-7-14-8-10)9-12-11-5-3-4-6-13(11)17(2)15-12/h3-6,10,14H,7-9H2,1-2H3. The highest BCUT2D eigenvalue weighted by Gasteiger charge is 2.22. The normalized spacial score (nSPS) is 16.6. The van der Waals surface area contributed by atoms with Gasteiger partial charge in [-0.05, 0) is 13.1 Å². The summed E-state index contributed by atoms with van der Waals surface area (Å²) in [4.78, 5) is 2.38. The van der Waals surface area contributed by atoms with Gasteiger partial charge in [0.25, 0.3) is 0 Å². The Balaban J connectivity index is 1.89. The molecule has 0 radical (unpaired) electrons. The maximum Gasteiger partial charge on any atom is 0.0843 e. The summed E-state index contributed by atoms with van der Waals surface area (Å²) in [6.07, 6.45) is 0. The van der Waals surface area contributed by atoms with Crippen molar-refractivity contribution in [3.63, 3.8) is 0 Å². The van der Waals surface area contributed by atoms with Crippen LogP contribution in [0, 0.1) is 0 Å². The van der Waals surface area contributed by atoms with Crippen LogP contribution in [0.2, 0.25) is 0 Å². The molecule has 0 atom stereocenters. The molecule has 4 heteroatoms. The van der Waals surface area contributed by atoms with Gasteiger partial charge in [0.1, 0.15) is 0 Å². The van der Waals surface area contributed by atoms with Crippen molar-refractivity contribution in [2.24, 2.45) is 7.05 Å². The van der Waals surface area contributed by atoms with E-state index in [1.807, 2.05) is 11.7 Å². The van der Waals surface area contributed by atoms with E-state index in [2.05, 4.69) is 46.6 Å². The van der Waals surface area contributed by atoms with Gasteiger partial charge in [0.2, 0.25) is 0 Å². The zero-order chi connectivity index (χ0) is 11.8. The lowest BCUT2D eigenvalue weighted by Crippen LogP contribution is -2.55. The average Bonchev–Trinajstić information content (AvgIpc) is 2.54. The number of likely N-dealkylation sites (N-methyl/N-ethyl adjacent to an activating group) is 1. The monoisotopic (exact) mass is 230 g/mol. The van der Waals surface area contributed by atoms with Crippen molar-refractivity contribution in [3.8, 4) is 0 Å². The summed E-state index contributed by atoms with van der Waals surface area (Å²) in [6.45, 7) is 3.12. The first-order valence-corrected chi connectivity index (χ1v) is 6.07. The van der Waals surface area contributed by atoms with Crippen LogP contribution in [0.25, 0.3) is 10.9 Å². The van der Waals surface area contributed by atoms with Gasteiger partial charge >= 0.3 is 0 Å². The summed E-state index contributed by atoms with van der Waals surface area (Å²) in [5.74, 6) is 0. The number of rotatable bonds is 3. The molecule has 0 aliphatic carbocycles. The van der Waals surface area contributed by atoms with Crippen LogP contribution in [0.4, 0.5) is 0 Å². The molecule has 0 amide bonds. The number of benzene rings is 1. The number of hydrogen-bond donors (Lipinski definition) is 1. The number of nitrogens with one attached hydrogen (secondary N) is 1. The summed E-state index contributed by atoms with van der Waals surface area (Å²) in [6, 6.07) is 9.09. The van der Waals surface area contributed by atoms with Crippen LogP contribution in [0.1, 0.15) is 5.69 Å². The van der Waals surface area contributed by atoms with E-state index in [4.69, 9.17) is 0 Å². The zero-order valence-corrected chi connectivity index (χ0v) is 10.3. The van der Waals surface area contributed by atoms with E-state index in [1.165, 1.54) is 16.6 Å². The number of para-hydroxylation sites is 1. The Bertz CT molecular complexity index is 527. The van der Waals surface area contributed by atoms with Crippen LogP contribution in [0.5, 0.6) is 0 Å². The SMILES string of the molecule is CN(Cc1nn(C)c2ccccc12)C1CNC1. The van der Waals surface area contributed by atoms with Gasteiger partial charge in [-0.1, -0.05) is 18.2 Å². The number of fused-ring (bicyclic) bond motifs is 1. The molecule has 1 aliphatic rings. The molecule has 90 valence electrons. The fourth-order valence-corrected chi connectivity index (χ4v) is 2.36. The summed E-state index contributed by atoms with van der Waals surface area (Å²) < 4.78 is 1.97. The van der Waals surface area contributed by atoms with E-state index in [1.54, 1.807) is 0 Å². The number of nitrogens with zero attached hydrogens (tertiary/aromatic N) is 3. The molecule has 1 aromatic heterocycles. The van der Waals surface area contributed by atoms with Gasteiger partial charge in [0.15, 0.2) is 0 Å². The van der Waals surface area contributed by atoms with E-state index in [9.17, 15) is 0 Å². The molecule has 1 saturated heterocycles. The van der Waals surface area contributed by atoms with Crippen LogP contribution >= 0.6 is 0 Å². The van der Waals surface area contributed by atoms with Crippen molar-refractivity contribution in [3.05, 3.63) is 30.0 Å². The van der Waals surface area contributed by atoms with E-state index >= 15 is 0 Å². The van der Waals surface area contributed by atoms with Gasteiger partial charge in [-0.2, -0.15) is 5.10 Å². The first kappa shape index (κ1) is 10.7. The Morgan fingerprint density at radius 1 is 1.41 bits per heavy atom. The Morgan fingerprint density at radius 2 is 2.18 bits per heavy atom. The lowest BCUT2D eigenvalue weighted by Gasteiger charge is -2.35. The summed E-state index contributed by atoms with van der Waals surface area (Å²) in [5, 5.41) is 9.20. The van der Waals surface area contributed by atoms with Gasteiger partial charge < -0.3 is 5.32 Å². The highest BCUT2D eigenvalue weighted by molar-refractivity contribution is 5.81. The minimum atomic E-state index is 0.663. The second-order valence-corrected chi connectivity index (χ2v) is 4.81. The topological polar surface area (TPSA) is 33.1 Å². The van der Waals surface area contributed by atoms with Crippen LogP contribution in [-0.2, 0) is 13.6 Å². The second-order valence-electron chi connectivity index (χ2n) is 4.81. The molecular weight excluding hydrogens is 212 g/mol. The minimum absolute atomic E-state index is 0.663. The molecule has 3 rings (SSSR count). The summed E-state index contributed by atoms with van der Waals surface area (Å²) >= 11 is 0. The molecule has 1 aromatic carbocycles. The molecule has 2 aromatic rings. The Labute approximate surface area is 101 Å². The number of aromatic nitrogens is 2. The average molecular weight is 230 g/mol. The van der Waals surface area contributed by atoms with Crippen LogP contribution in [0.15, 0.2) is 24.3 Å². The van der Waals surface area contributed by atoms with Crippen LogP contribution in [-0.4, -0.2) is 40.9 Å². The molecule has 0 saturated carbocycles. The predicted molar refractivity (Wildman–Crippen MR) is 68.8 cm³/mol. The maximum atomic E-state index is 4.63. The quantitative estimate of drug-likeness (QED) is 0.853. The molecule has 0 unspecified atom stereocenters. The van der Waals surface area contributed by atoms with Crippen molar-refractivity contribution in [2.45, 2.75) is 12.6 Å². The number of hydrogen-bond acceptors (Lipinski definition) is 3. The Hall–Kier alpha value is -1.39. The third-order valence-electron chi connectivity index (χ3n) is 3.62. The molecule has 0 bridgehead atoms. The molecular formula is C13H18N4. The fourth-order valence-electron chi connectivity index (χ4n) is 2.36. The predicted octanol–water partition coefficient (Wildman–Crippen LogP) is 0.977. The van der Waals surface area contributed by atoms with E-state index in [0.717, 1.165) is 19.6 Å². The fraction of sp³-hybridized carbons (Fsp3) is 0.462. The highest BCUT2D eigenvalue weighted by Crippen LogP contribution is 2.19. The molecule has 1 fully saturated rings. The first-order valence-electron chi connectivity index (χ1n) is 6.07. The Kier molecular flexibility index (Phi) is 2.61. The van der Waals surface area contributed by atoms with Crippen LogP contribution < -0.4 is 5.32 Å². The largest absolute Gasteiger partial charge is 0.314 e. The second kappa shape index (κ2) is 4.13. The minimum Gasteiger partial charge on any atom is -0.314 e. The molecule has 17 heavy (non-hydrogen) atoms. The molecule has 2 heterocycles. The van der Waals surface area contributed by atoms with Gasteiger partial charge in [-0.25, -0.2) is 0 Å². The van der Waals surface area contributed by atoms with Crippen molar-refractivity contribution in [1.29, 1.82) is 0 Å². The van der Waals surface area contributed by atoms with E-state index in [-0.39, 0.29) is 0 Å². The smallest absolute Gasteiger partial charge is 0.0843 e. The van der Waals surface area contributed by atoms with Gasteiger partial charge in [-0.15, -0.1) is 0 Å². The number of aryl methyl sites for hydroxylation is 1. The van der Waals surface area contributed by atoms with Crippen molar-refractivity contribution in [2.75, 3.05) is 20.1 Å². The van der Waals surface area contributed by atoms with Crippen molar-refractivity contribution in [1.82, 2.24) is 20.0 Å². The lowest BCUT2D eigenvalue weighted by atomic mass is 10.1. The van der Waals surface area contributed by atoms with Crippen molar-refractivity contribution >= 4 is 10.9 Å². The van der Waals surface area contributed by atoms with Gasteiger partial charge in [0, 0.05) is 38.1 Å².